The van der Waals surface area contributed by atoms with Gasteiger partial charge in [-0.15, -0.1) is 5.10 Å². The number of hydrogen-bond donors (Lipinski definition) is 2. The molecule has 0 radical (unpaired) electrons. The summed E-state index contributed by atoms with van der Waals surface area (Å²) in [7, 11) is 0. The van der Waals surface area contributed by atoms with Crippen LogP contribution in [0.2, 0.25) is 0 Å². The van der Waals surface area contributed by atoms with Gasteiger partial charge in [0.15, 0.2) is 6.29 Å². The lowest BCUT2D eigenvalue weighted by atomic mass is 9.83. The van der Waals surface area contributed by atoms with Crippen LogP contribution in [-0.4, -0.2) is 42.0 Å². The maximum atomic E-state index is 10.9. The van der Waals surface area contributed by atoms with E-state index in [1.165, 1.54) is 0 Å². The van der Waals surface area contributed by atoms with Crippen LogP contribution in [0.5, 0.6) is 0 Å². The molecule has 1 fully saturated rings. The first-order valence-electron chi connectivity index (χ1n) is 7.06. The normalized spacial score (nSPS) is 26.4. The van der Waals surface area contributed by atoms with Crippen molar-refractivity contribution in [3.63, 3.8) is 0 Å². The van der Waals surface area contributed by atoms with E-state index in [2.05, 4.69) is 20.3 Å². The lowest BCUT2D eigenvalue weighted by Gasteiger charge is -2.31. The molecule has 7 heteroatoms. The summed E-state index contributed by atoms with van der Waals surface area (Å²) in [5.74, 6) is 0. The van der Waals surface area contributed by atoms with Crippen LogP contribution in [-0.2, 0) is 4.79 Å². The zero-order valence-corrected chi connectivity index (χ0v) is 11.4. The molecular weight excluding hydrogens is 270 g/mol. The molecule has 3 heterocycles. The molecule has 0 unspecified atom stereocenters. The highest BCUT2D eigenvalue weighted by atomic mass is 16.3. The summed E-state index contributed by atoms with van der Waals surface area (Å²) in [6.07, 6.45) is 6.57. The Morgan fingerprint density at radius 1 is 1.43 bits per heavy atom. The molecule has 0 aromatic carbocycles. The van der Waals surface area contributed by atoms with Crippen molar-refractivity contribution in [2.45, 2.75) is 37.3 Å². The van der Waals surface area contributed by atoms with Gasteiger partial charge in [-0.05, 0) is 31.7 Å². The van der Waals surface area contributed by atoms with Crippen LogP contribution in [0.1, 0.15) is 31.7 Å². The van der Waals surface area contributed by atoms with E-state index in [1.807, 2.05) is 16.9 Å². The molecule has 0 bridgehead atoms. The second-order valence-electron chi connectivity index (χ2n) is 5.72. The Labute approximate surface area is 120 Å². The average Bonchev–Trinajstić information content (AvgIpc) is 3.13. The molecule has 0 amide bonds. The molecule has 1 aliphatic rings. The summed E-state index contributed by atoms with van der Waals surface area (Å²) in [5.41, 5.74) is 1.37. The zero-order valence-electron chi connectivity index (χ0n) is 11.4. The van der Waals surface area contributed by atoms with Crippen molar-refractivity contribution in [2.24, 2.45) is 0 Å². The van der Waals surface area contributed by atoms with E-state index in [4.69, 9.17) is 0 Å². The number of nitrogens with one attached hydrogen (secondary N) is 1. The lowest BCUT2D eigenvalue weighted by Crippen LogP contribution is -2.36. The van der Waals surface area contributed by atoms with Crippen LogP contribution in [0, 0.1) is 0 Å². The van der Waals surface area contributed by atoms with Crippen molar-refractivity contribution in [3.8, 4) is 0 Å². The second-order valence-corrected chi connectivity index (χ2v) is 5.72. The fraction of sp³-hybridized carbons (Fsp3) is 0.429. The molecule has 0 spiro atoms. The summed E-state index contributed by atoms with van der Waals surface area (Å²) in [6.45, 7) is 0. The van der Waals surface area contributed by atoms with Gasteiger partial charge >= 0.3 is 0 Å². The third kappa shape index (κ3) is 1.84. The average molecular weight is 285 g/mol. The number of H-pyrrole nitrogens is 1. The number of aldehydes is 1. The first-order valence-corrected chi connectivity index (χ1v) is 7.06. The van der Waals surface area contributed by atoms with Gasteiger partial charge in [-0.3, -0.25) is 0 Å². The maximum absolute atomic E-state index is 10.9. The highest BCUT2D eigenvalue weighted by Crippen LogP contribution is 2.35. The monoisotopic (exact) mass is 285 g/mol. The minimum absolute atomic E-state index is 0.149. The van der Waals surface area contributed by atoms with Gasteiger partial charge in [0, 0.05) is 11.6 Å². The topological polar surface area (TPSA) is 96.7 Å². The van der Waals surface area contributed by atoms with E-state index in [9.17, 15) is 9.90 Å². The van der Waals surface area contributed by atoms with E-state index >= 15 is 0 Å². The second kappa shape index (κ2) is 4.36. The molecule has 21 heavy (non-hydrogen) atoms. The Kier molecular flexibility index (Phi) is 2.58. The minimum atomic E-state index is -1.17. The van der Waals surface area contributed by atoms with E-state index in [-0.39, 0.29) is 6.04 Å². The third-order valence-electron chi connectivity index (χ3n) is 4.40. The van der Waals surface area contributed by atoms with Crippen molar-refractivity contribution >= 4 is 28.4 Å². The molecule has 0 saturated heterocycles. The summed E-state index contributed by atoms with van der Waals surface area (Å²) in [4.78, 5) is 18.3. The van der Waals surface area contributed by atoms with E-state index in [0.717, 1.165) is 22.1 Å². The SMILES string of the molecule is O=CC1(O)CCC(n2nnc3cnc4[nH]ccc4c32)CC1. The maximum Gasteiger partial charge on any atom is 0.151 e. The van der Waals surface area contributed by atoms with Gasteiger partial charge in [-0.25, -0.2) is 9.67 Å². The Hall–Kier alpha value is -2.28. The van der Waals surface area contributed by atoms with E-state index in [0.29, 0.717) is 32.0 Å². The van der Waals surface area contributed by atoms with Gasteiger partial charge < -0.3 is 14.9 Å². The number of rotatable bonds is 2. The summed E-state index contributed by atoms with van der Waals surface area (Å²) in [5, 5.41) is 19.5. The first-order chi connectivity index (χ1) is 10.2. The van der Waals surface area contributed by atoms with Crippen molar-refractivity contribution in [1.29, 1.82) is 0 Å². The number of pyridine rings is 1. The van der Waals surface area contributed by atoms with E-state index < -0.39 is 5.60 Å². The Morgan fingerprint density at radius 3 is 3.00 bits per heavy atom. The summed E-state index contributed by atoms with van der Waals surface area (Å²) >= 11 is 0. The number of aliphatic hydroxyl groups is 1. The molecule has 3 aromatic rings. The van der Waals surface area contributed by atoms with Gasteiger partial charge in [-0.1, -0.05) is 5.21 Å². The predicted molar refractivity (Wildman–Crippen MR) is 75.7 cm³/mol. The van der Waals surface area contributed by atoms with Crippen LogP contribution in [0.4, 0.5) is 0 Å². The zero-order chi connectivity index (χ0) is 14.4. The molecule has 2 N–H and O–H groups in total. The number of carbonyl (C=O) groups excluding carboxylic acids is 1. The molecule has 0 atom stereocenters. The number of carbonyl (C=O) groups is 1. The molecule has 3 aromatic heterocycles. The van der Waals surface area contributed by atoms with Gasteiger partial charge in [0.2, 0.25) is 0 Å². The summed E-state index contributed by atoms with van der Waals surface area (Å²) in [6, 6.07) is 2.12. The molecule has 108 valence electrons. The lowest BCUT2D eigenvalue weighted by molar-refractivity contribution is -0.127. The van der Waals surface area contributed by atoms with Gasteiger partial charge in [-0.2, -0.15) is 0 Å². The molecule has 0 aliphatic heterocycles. The predicted octanol–water partition coefficient (Wildman–Crippen LogP) is 1.35. The van der Waals surface area contributed by atoms with Crippen LogP contribution < -0.4 is 0 Å². The standard InChI is InChI=1S/C14H15N5O2/c20-8-14(21)4-1-9(2-5-14)19-12-10-3-6-15-13(10)16-7-11(12)17-18-19/h3,6-9,21H,1-2,4-5H2,(H,15,16). The minimum Gasteiger partial charge on any atom is -0.382 e. The fourth-order valence-electron chi connectivity index (χ4n) is 3.16. The van der Waals surface area contributed by atoms with E-state index in [1.54, 1.807) is 6.20 Å². The van der Waals surface area contributed by atoms with Crippen LogP contribution >= 0.6 is 0 Å². The highest BCUT2D eigenvalue weighted by molar-refractivity contribution is 6.00. The van der Waals surface area contributed by atoms with Crippen molar-refractivity contribution in [1.82, 2.24) is 25.0 Å². The van der Waals surface area contributed by atoms with Crippen LogP contribution in [0.3, 0.4) is 0 Å². The molecular formula is C14H15N5O2. The van der Waals surface area contributed by atoms with Gasteiger partial charge in [0.25, 0.3) is 0 Å². The largest absolute Gasteiger partial charge is 0.382 e. The molecule has 7 nitrogen and oxygen atoms in total. The number of hydrogen-bond acceptors (Lipinski definition) is 5. The van der Waals surface area contributed by atoms with Crippen LogP contribution in [0.15, 0.2) is 18.5 Å². The Morgan fingerprint density at radius 2 is 2.24 bits per heavy atom. The summed E-state index contributed by atoms with van der Waals surface area (Å²) < 4.78 is 1.91. The highest BCUT2D eigenvalue weighted by Gasteiger charge is 2.34. The number of aromatic nitrogens is 5. The number of nitrogens with zero attached hydrogens (tertiary/aromatic N) is 4. The van der Waals surface area contributed by atoms with Crippen LogP contribution in [0.25, 0.3) is 22.1 Å². The Bertz CT molecular complexity index is 813. The van der Waals surface area contributed by atoms with Crippen molar-refractivity contribution in [3.05, 3.63) is 18.5 Å². The molecule has 1 aliphatic carbocycles. The third-order valence-corrected chi connectivity index (χ3v) is 4.40. The number of aromatic amines is 1. The van der Waals surface area contributed by atoms with Gasteiger partial charge in [0.05, 0.1) is 12.2 Å². The quantitative estimate of drug-likeness (QED) is 0.693. The fourth-order valence-corrected chi connectivity index (χ4v) is 3.16. The van der Waals surface area contributed by atoms with Crippen molar-refractivity contribution in [2.75, 3.05) is 0 Å². The smallest absolute Gasteiger partial charge is 0.151 e. The molecule has 4 rings (SSSR count). The molecule has 1 saturated carbocycles. The Balaban J connectivity index is 1.77. The number of fused-ring (bicyclic) bond motifs is 3. The van der Waals surface area contributed by atoms with Crippen molar-refractivity contribution < 1.29 is 9.90 Å². The first kappa shape index (κ1) is 12.5. The van der Waals surface area contributed by atoms with Gasteiger partial charge in [0.1, 0.15) is 22.3 Å².